The summed E-state index contributed by atoms with van der Waals surface area (Å²) in [6, 6.07) is 1.17. The van der Waals surface area contributed by atoms with Crippen LogP contribution in [0, 0.1) is 6.92 Å². The molecule has 0 atom stereocenters. The number of hydrogen-bond donors (Lipinski definition) is 2. The Morgan fingerprint density at radius 1 is 1.50 bits per heavy atom. The number of nitrogens with one attached hydrogen (secondary N) is 2. The molecule has 0 saturated carbocycles. The van der Waals surface area contributed by atoms with Crippen LogP contribution in [-0.4, -0.2) is 18.4 Å². The summed E-state index contributed by atoms with van der Waals surface area (Å²) < 4.78 is 26.2. The van der Waals surface area contributed by atoms with Gasteiger partial charge in [-0.2, -0.15) is 0 Å². The lowest BCUT2D eigenvalue weighted by Gasteiger charge is -2.04. The second kappa shape index (κ2) is 5.01. The zero-order valence-corrected chi connectivity index (χ0v) is 11.1. The van der Waals surface area contributed by atoms with Crippen molar-refractivity contribution in [2.75, 3.05) is 0 Å². The lowest BCUT2D eigenvalue weighted by atomic mass is 10.4. The number of rotatable bonds is 4. The molecule has 8 heteroatoms. The van der Waals surface area contributed by atoms with Gasteiger partial charge < -0.3 is 4.98 Å². The zero-order chi connectivity index (χ0) is 13.2. The maximum absolute atomic E-state index is 11.9. The van der Waals surface area contributed by atoms with Crippen LogP contribution in [0.25, 0.3) is 0 Å². The molecule has 0 spiro atoms. The lowest BCUT2D eigenvalue weighted by molar-refractivity contribution is 0.580. The average molecular weight is 285 g/mol. The van der Waals surface area contributed by atoms with Crippen LogP contribution >= 0.6 is 11.3 Å². The molecule has 0 amide bonds. The molecule has 0 fully saturated rings. The van der Waals surface area contributed by atoms with E-state index in [1.165, 1.54) is 29.8 Å². The standard InChI is InChI=1S/C10H11N3O3S2/c1-7-9(17-6-12-7)4-13-18(15,16)10-5-11-3-2-8(10)14/h2-3,5-6,13H,4H2,1H3,(H,11,14). The van der Waals surface area contributed by atoms with Crippen LogP contribution in [0.15, 0.2) is 33.7 Å². The van der Waals surface area contributed by atoms with Gasteiger partial charge in [-0.25, -0.2) is 18.1 Å². The van der Waals surface area contributed by atoms with Gasteiger partial charge in [-0.15, -0.1) is 11.3 Å². The van der Waals surface area contributed by atoms with Crippen LogP contribution in [-0.2, 0) is 16.6 Å². The van der Waals surface area contributed by atoms with E-state index in [1.807, 2.05) is 0 Å². The van der Waals surface area contributed by atoms with Gasteiger partial charge in [-0.3, -0.25) is 4.79 Å². The Morgan fingerprint density at radius 2 is 2.28 bits per heavy atom. The fraction of sp³-hybridized carbons (Fsp3) is 0.200. The van der Waals surface area contributed by atoms with Crippen molar-refractivity contribution in [2.45, 2.75) is 18.4 Å². The Balaban J connectivity index is 2.21. The molecule has 2 aromatic rings. The quantitative estimate of drug-likeness (QED) is 0.861. The first-order valence-corrected chi connectivity index (χ1v) is 7.43. The highest BCUT2D eigenvalue weighted by Crippen LogP contribution is 2.12. The average Bonchev–Trinajstić information content (AvgIpc) is 2.73. The third-order valence-corrected chi connectivity index (χ3v) is 4.70. The van der Waals surface area contributed by atoms with E-state index in [2.05, 4.69) is 14.7 Å². The first kappa shape index (κ1) is 12.9. The van der Waals surface area contributed by atoms with Gasteiger partial charge in [0, 0.05) is 29.9 Å². The summed E-state index contributed by atoms with van der Waals surface area (Å²) in [5.74, 6) is 0. The molecule has 96 valence electrons. The fourth-order valence-electron chi connectivity index (χ4n) is 1.35. The smallest absolute Gasteiger partial charge is 0.246 e. The van der Waals surface area contributed by atoms with Gasteiger partial charge in [-0.05, 0) is 6.92 Å². The van der Waals surface area contributed by atoms with Gasteiger partial charge in [0.2, 0.25) is 15.5 Å². The topological polar surface area (TPSA) is 91.9 Å². The predicted octanol–water partition coefficient (Wildman–Crippen LogP) is 0.618. The molecule has 0 aliphatic heterocycles. The van der Waals surface area contributed by atoms with Crippen molar-refractivity contribution in [3.63, 3.8) is 0 Å². The van der Waals surface area contributed by atoms with Crippen molar-refractivity contribution < 1.29 is 8.42 Å². The first-order chi connectivity index (χ1) is 8.50. The number of sulfonamides is 1. The number of aromatic amines is 1. The Kier molecular flexibility index (Phi) is 3.60. The highest BCUT2D eigenvalue weighted by atomic mass is 32.2. The van der Waals surface area contributed by atoms with E-state index in [0.29, 0.717) is 0 Å². The Bertz CT molecular complexity index is 703. The molecule has 2 aromatic heterocycles. The molecular formula is C10H11N3O3S2. The molecule has 2 rings (SSSR count). The lowest BCUT2D eigenvalue weighted by Crippen LogP contribution is -2.27. The van der Waals surface area contributed by atoms with Gasteiger partial charge in [0.15, 0.2) is 0 Å². The molecule has 2 N–H and O–H groups in total. The number of aromatic nitrogens is 2. The molecule has 0 bridgehead atoms. The second-order valence-electron chi connectivity index (χ2n) is 3.56. The molecular weight excluding hydrogens is 274 g/mol. The van der Waals surface area contributed by atoms with Gasteiger partial charge in [0.05, 0.1) is 11.2 Å². The summed E-state index contributed by atoms with van der Waals surface area (Å²) in [5, 5.41) is 0. The van der Waals surface area contributed by atoms with Crippen LogP contribution in [0.5, 0.6) is 0 Å². The van der Waals surface area contributed by atoms with Crippen LogP contribution in [0.4, 0.5) is 0 Å². The molecule has 0 aliphatic carbocycles. The summed E-state index contributed by atoms with van der Waals surface area (Å²) >= 11 is 1.37. The largest absolute Gasteiger partial charge is 0.366 e. The van der Waals surface area contributed by atoms with Crippen molar-refractivity contribution in [3.05, 3.63) is 44.8 Å². The summed E-state index contributed by atoms with van der Waals surface area (Å²) in [6.45, 7) is 1.93. The predicted molar refractivity (Wildman–Crippen MR) is 67.9 cm³/mol. The molecule has 0 unspecified atom stereocenters. The van der Waals surface area contributed by atoms with E-state index >= 15 is 0 Å². The summed E-state index contributed by atoms with van der Waals surface area (Å²) in [7, 11) is -3.80. The molecule has 0 aromatic carbocycles. The van der Waals surface area contributed by atoms with Crippen LogP contribution in [0.3, 0.4) is 0 Å². The summed E-state index contributed by atoms with van der Waals surface area (Å²) in [6.07, 6.45) is 2.55. The van der Waals surface area contributed by atoms with E-state index in [9.17, 15) is 13.2 Å². The third-order valence-electron chi connectivity index (χ3n) is 2.35. The summed E-state index contributed by atoms with van der Waals surface area (Å²) in [5.41, 5.74) is 1.89. The minimum Gasteiger partial charge on any atom is -0.366 e. The van der Waals surface area contributed by atoms with Gasteiger partial charge in [0.1, 0.15) is 4.90 Å². The normalized spacial score (nSPS) is 11.6. The highest BCUT2D eigenvalue weighted by molar-refractivity contribution is 7.89. The van der Waals surface area contributed by atoms with Crippen molar-refractivity contribution in [3.8, 4) is 0 Å². The fourth-order valence-corrected chi connectivity index (χ4v) is 3.20. The molecule has 0 saturated heterocycles. The minimum absolute atomic E-state index is 0.132. The third kappa shape index (κ3) is 2.66. The maximum atomic E-state index is 11.9. The number of aryl methyl sites for hydroxylation is 1. The van der Waals surface area contributed by atoms with Gasteiger partial charge in [0.25, 0.3) is 0 Å². The van der Waals surface area contributed by atoms with Crippen molar-refractivity contribution in [2.24, 2.45) is 0 Å². The van der Waals surface area contributed by atoms with E-state index in [0.717, 1.165) is 10.6 Å². The molecule has 2 heterocycles. The highest BCUT2D eigenvalue weighted by Gasteiger charge is 2.17. The van der Waals surface area contributed by atoms with Crippen molar-refractivity contribution >= 4 is 21.4 Å². The van der Waals surface area contributed by atoms with Crippen LogP contribution in [0.2, 0.25) is 0 Å². The Labute approximate surface area is 108 Å². The molecule has 0 radical (unpaired) electrons. The SMILES string of the molecule is Cc1ncsc1CNS(=O)(=O)c1c[nH]ccc1=O. The zero-order valence-electron chi connectivity index (χ0n) is 9.50. The Hall–Kier alpha value is -1.51. The van der Waals surface area contributed by atoms with Gasteiger partial charge in [-0.1, -0.05) is 0 Å². The maximum Gasteiger partial charge on any atom is 0.246 e. The van der Waals surface area contributed by atoms with Gasteiger partial charge >= 0.3 is 0 Å². The summed E-state index contributed by atoms with van der Waals surface area (Å²) in [4.78, 5) is 18.6. The molecule has 6 nitrogen and oxygen atoms in total. The number of hydrogen-bond acceptors (Lipinski definition) is 5. The second-order valence-corrected chi connectivity index (χ2v) is 6.23. The van der Waals surface area contributed by atoms with Crippen molar-refractivity contribution in [1.82, 2.24) is 14.7 Å². The minimum atomic E-state index is -3.80. The van der Waals surface area contributed by atoms with E-state index < -0.39 is 15.5 Å². The Morgan fingerprint density at radius 3 is 2.89 bits per heavy atom. The monoisotopic (exact) mass is 285 g/mol. The number of H-pyrrole nitrogens is 1. The number of pyridine rings is 1. The van der Waals surface area contributed by atoms with E-state index in [1.54, 1.807) is 12.4 Å². The van der Waals surface area contributed by atoms with Crippen LogP contribution in [0.1, 0.15) is 10.6 Å². The molecule has 18 heavy (non-hydrogen) atoms. The number of nitrogens with zero attached hydrogens (tertiary/aromatic N) is 1. The molecule has 0 aliphatic rings. The van der Waals surface area contributed by atoms with E-state index in [4.69, 9.17) is 0 Å². The van der Waals surface area contributed by atoms with E-state index in [-0.39, 0.29) is 11.4 Å². The number of thiazole rings is 1. The van der Waals surface area contributed by atoms with Crippen molar-refractivity contribution in [1.29, 1.82) is 0 Å². The first-order valence-electron chi connectivity index (χ1n) is 5.06. The van der Waals surface area contributed by atoms with Crippen LogP contribution < -0.4 is 10.2 Å².